The van der Waals surface area contributed by atoms with Crippen LogP contribution in [0, 0.1) is 0 Å². The number of nitrogen functional groups attached to an aromatic ring is 1. The number of nitrogens with two attached hydrogens (primary N) is 1. The lowest BCUT2D eigenvalue weighted by molar-refractivity contribution is 0.234. The zero-order chi connectivity index (χ0) is 13.0. The third-order valence-corrected chi connectivity index (χ3v) is 2.02. The van der Waals surface area contributed by atoms with Crippen LogP contribution in [-0.4, -0.2) is 26.2 Å². The van der Waals surface area contributed by atoms with Crippen LogP contribution in [0.1, 0.15) is 19.7 Å². The van der Waals surface area contributed by atoms with E-state index in [-0.39, 0.29) is 6.10 Å². The van der Waals surface area contributed by atoms with Crippen LogP contribution in [0.2, 0.25) is 0 Å². The van der Waals surface area contributed by atoms with E-state index >= 15 is 0 Å². The Morgan fingerprint density at radius 2 is 2.22 bits per heavy atom. The van der Waals surface area contributed by atoms with Crippen LogP contribution in [0.3, 0.4) is 0 Å². The summed E-state index contributed by atoms with van der Waals surface area (Å²) in [7, 11) is 0. The van der Waals surface area contributed by atoms with Crippen molar-refractivity contribution in [3.05, 3.63) is 18.5 Å². The summed E-state index contributed by atoms with van der Waals surface area (Å²) in [5.74, 6) is 1.35. The second-order valence-electron chi connectivity index (χ2n) is 3.81. The summed E-state index contributed by atoms with van der Waals surface area (Å²) in [6.45, 7) is 4.15. The van der Waals surface area contributed by atoms with Crippen LogP contribution < -0.4 is 15.8 Å². The van der Waals surface area contributed by atoms with Gasteiger partial charge in [0.1, 0.15) is 12.0 Å². The van der Waals surface area contributed by atoms with Gasteiger partial charge < -0.3 is 20.3 Å². The van der Waals surface area contributed by atoms with Gasteiger partial charge in [-0.3, -0.25) is 0 Å². The monoisotopic (exact) mass is 250 g/mol. The molecule has 0 spiro atoms. The highest BCUT2D eigenvalue weighted by molar-refractivity contribution is 5.66. The molecule has 3 N–H and O–H groups in total. The predicted molar refractivity (Wildman–Crippen MR) is 63.8 cm³/mol. The van der Waals surface area contributed by atoms with Crippen molar-refractivity contribution in [2.75, 3.05) is 11.1 Å². The first kappa shape index (κ1) is 12.1. The minimum Gasteiger partial charge on any atom is -0.473 e. The van der Waals surface area contributed by atoms with E-state index in [1.54, 1.807) is 0 Å². The molecule has 0 radical (unpaired) electrons. The summed E-state index contributed by atoms with van der Waals surface area (Å²) in [5, 5.41) is 6.66. The lowest BCUT2D eigenvalue weighted by Crippen LogP contribution is -2.12. The summed E-state index contributed by atoms with van der Waals surface area (Å²) < 4.78 is 10.1. The molecule has 8 nitrogen and oxygen atoms in total. The van der Waals surface area contributed by atoms with Crippen molar-refractivity contribution in [3.8, 4) is 5.88 Å². The Morgan fingerprint density at radius 3 is 2.89 bits per heavy atom. The lowest BCUT2D eigenvalue weighted by Gasteiger charge is -2.12. The number of ether oxygens (including phenoxy) is 1. The molecule has 0 unspecified atom stereocenters. The molecule has 0 aromatic carbocycles. The smallest absolute Gasteiger partial charge is 0.242 e. The Bertz CT molecular complexity index is 499. The third kappa shape index (κ3) is 2.84. The van der Waals surface area contributed by atoms with E-state index in [0.29, 0.717) is 29.8 Å². The Labute approximate surface area is 104 Å². The minimum absolute atomic E-state index is 0.00717. The summed E-state index contributed by atoms with van der Waals surface area (Å²) in [4.78, 5) is 11.9. The van der Waals surface area contributed by atoms with Gasteiger partial charge in [0.05, 0.1) is 12.6 Å². The Balaban J connectivity index is 2.08. The van der Waals surface area contributed by atoms with Crippen LogP contribution in [0.25, 0.3) is 0 Å². The molecule has 2 heterocycles. The number of nitrogens with zero attached hydrogens (tertiary/aromatic N) is 4. The molecule has 0 bridgehead atoms. The summed E-state index contributed by atoms with van der Waals surface area (Å²) in [6.07, 6.45) is 2.63. The van der Waals surface area contributed by atoms with Gasteiger partial charge in [-0.05, 0) is 13.8 Å². The predicted octanol–water partition coefficient (Wildman–Crippen LogP) is 0.841. The van der Waals surface area contributed by atoms with Gasteiger partial charge in [0.15, 0.2) is 11.6 Å². The molecular formula is C10H14N6O2. The van der Waals surface area contributed by atoms with E-state index in [1.807, 2.05) is 13.8 Å². The molecule has 96 valence electrons. The minimum atomic E-state index is -0.00717. The number of aromatic nitrogens is 4. The highest BCUT2D eigenvalue weighted by Gasteiger charge is 2.11. The first-order valence-electron chi connectivity index (χ1n) is 5.43. The zero-order valence-electron chi connectivity index (χ0n) is 10.1. The molecule has 8 heteroatoms. The molecule has 18 heavy (non-hydrogen) atoms. The molecule has 0 amide bonds. The lowest BCUT2D eigenvalue weighted by atomic mass is 10.4. The fourth-order valence-electron chi connectivity index (χ4n) is 1.27. The van der Waals surface area contributed by atoms with Crippen molar-refractivity contribution >= 4 is 11.5 Å². The fraction of sp³-hybridized carbons (Fsp3) is 0.400. The van der Waals surface area contributed by atoms with Crippen LogP contribution >= 0.6 is 0 Å². The summed E-state index contributed by atoms with van der Waals surface area (Å²) >= 11 is 0. The third-order valence-electron chi connectivity index (χ3n) is 2.02. The van der Waals surface area contributed by atoms with E-state index in [0.717, 1.165) is 0 Å². The second-order valence-corrected chi connectivity index (χ2v) is 3.81. The van der Waals surface area contributed by atoms with Gasteiger partial charge in [-0.1, -0.05) is 5.16 Å². The van der Waals surface area contributed by atoms with Gasteiger partial charge >= 0.3 is 0 Å². The molecule has 0 fully saturated rings. The number of anilines is 2. The molecule has 0 saturated carbocycles. The van der Waals surface area contributed by atoms with E-state index < -0.39 is 0 Å². The van der Waals surface area contributed by atoms with Gasteiger partial charge in [0.2, 0.25) is 12.3 Å². The quantitative estimate of drug-likeness (QED) is 0.802. The number of rotatable bonds is 5. The van der Waals surface area contributed by atoms with Crippen molar-refractivity contribution in [1.29, 1.82) is 0 Å². The largest absolute Gasteiger partial charge is 0.473 e. The molecule has 0 aliphatic carbocycles. The first-order chi connectivity index (χ1) is 8.66. The van der Waals surface area contributed by atoms with E-state index in [9.17, 15) is 0 Å². The SMILES string of the molecule is CC(C)Oc1ncnc(NCc2ncon2)c1N. The first-order valence-corrected chi connectivity index (χ1v) is 5.43. The van der Waals surface area contributed by atoms with Crippen LogP contribution in [0.5, 0.6) is 5.88 Å². The van der Waals surface area contributed by atoms with Gasteiger partial charge in [-0.15, -0.1) is 0 Å². The van der Waals surface area contributed by atoms with Gasteiger partial charge in [0.25, 0.3) is 0 Å². The molecular weight excluding hydrogens is 236 g/mol. The topological polar surface area (TPSA) is 112 Å². The number of hydrogen-bond acceptors (Lipinski definition) is 8. The maximum Gasteiger partial charge on any atom is 0.242 e. The number of hydrogen-bond donors (Lipinski definition) is 2. The maximum atomic E-state index is 5.89. The van der Waals surface area contributed by atoms with Crippen LogP contribution in [0.15, 0.2) is 17.2 Å². The van der Waals surface area contributed by atoms with Gasteiger partial charge in [0, 0.05) is 0 Å². The van der Waals surface area contributed by atoms with E-state index in [1.165, 1.54) is 12.7 Å². The van der Waals surface area contributed by atoms with Crippen molar-refractivity contribution in [3.63, 3.8) is 0 Å². The molecule has 0 saturated heterocycles. The Hall–Kier alpha value is -2.38. The molecule has 0 aliphatic rings. The molecule has 2 rings (SSSR count). The molecule has 0 aliphatic heterocycles. The Kier molecular flexibility index (Phi) is 3.56. The molecule has 0 atom stereocenters. The second kappa shape index (κ2) is 5.30. The standard InChI is InChI=1S/C10H14N6O2/c1-6(2)18-10-8(11)9(13-4-14-10)12-3-7-15-5-17-16-7/h4-6H,3,11H2,1-2H3,(H,12,13,14). The average Bonchev–Trinajstić information content (AvgIpc) is 2.83. The van der Waals surface area contributed by atoms with Crippen molar-refractivity contribution in [2.45, 2.75) is 26.5 Å². The van der Waals surface area contributed by atoms with Crippen LogP contribution in [0.4, 0.5) is 11.5 Å². The van der Waals surface area contributed by atoms with Crippen molar-refractivity contribution in [2.24, 2.45) is 0 Å². The van der Waals surface area contributed by atoms with Gasteiger partial charge in [-0.25, -0.2) is 4.98 Å². The molecule has 2 aromatic rings. The highest BCUT2D eigenvalue weighted by atomic mass is 16.5. The Morgan fingerprint density at radius 1 is 1.39 bits per heavy atom. The maximum absolute atomic E-state index is 5.89. The van der Waals surface area contributed by atoms with E-state index in [4.69, 9.17) is 10.5 Å². The zero-order valence-corrected chi connectivity index (χ0v) is 10.1. The van der Waals surface area contributed by atoms with E-state index in [2.05, 4.69) is 29.9 Å². The normalized spacial score (nSPS) is 10.6. The molecule has 2 aromatic heterocycles. The highest BCUT2D eigenvalue weighted by Crippen LogP contribution is 2.25. The van der Waals surface area contributed by atoms with Crippen molar-refractivity contribution < 1.29 is 9.26 Å². The van der Waals surface area contributed by atoms with Crippen LogP contribution in [-0.2, 0) is 6.54 Å². The van der Waals surface area contributed by atoms with Crippen molar-refractivity contribution in [1.82, 2.24) is 20.1 Å². The van der Waals surface area contributed by atoms with Gasteiger partial charge in [-0.2, -0.15) is 9.97 Å². The fourth-order valence-corrected chi connectivity index (χ4v) is 1.27. The average molecular weight is 250 g/mol. The number of nitrogens with one attached hydrogen (secondary N) is 1. The summed E-state index contributed by atoms with van der Waals surface area (Å²) in [5.41, 5.74) is 6.25. The summed E-state index contributed by atoms with van der Waals surface area (Å²) in [6, 6.07) is 0.